The number of para-hydroxylation sites is 1. The normalized spacial score (nSPS) is 24.8. The first-order chi connectivity index (χ1) is 17.8. The van der Waals surface area contributed by atoms with Gasteiger partial charge in [0.1, 0.15) is 17.1 Å². The maximum atomic E-state index is 14.8. The summed E-state index contributed by atoms with van der Waals surface area (Å²) < 4.78 is 5.47. The summed E-state index contributed by atoms with van der Waals surface area (Å²) in [6.07, 6.45) is 0. The van der Waals surface area contributed by atoms with Crippen molar-refractivity contribution < 1.29 is 19.1 Å². The molecule has 2 aromatic rings. The Balaban J connectivity index is 1.89. The number of ether oxygens (including phenoxy) is 1. The van der Waals surface area contributed by atoms with Gasteiger partial charge in [-0.05, 0) is 50.6 Å². The topological polar surface area (TPSA) is 127 Å². The van der Waals surface area contributed by atoms with E-state index in [1.165, 1.54) is 23.1 Å². The third-order valence-electron chi connectivity index (χ3n) is 7.32. The molecule has 2 aromatic carbocycles. The minimum atomic E-state index is -2.31. The number of nitriles is 2. The Bertz CT molecular complexity index is 1540. The van der Waals surface area contributed by atoms with Crippen molar-refractivity contribution in [2.45, 2.75) is 37.3 Å². The first-order valence-corrected chi connectivity index (χ1v) is 12.5. The van der Waals surface area contributed by atoms with Crippen molar-refractivity contribution in [2.75, 3.05) is 23.4 Å². The van der Waals surface area contributed by atoms with Gasteiger partial charge in [-0.25, -0.2) is 0 Å². The summed E-state index contributed by atoms with van der Waals surface area (Å²) in [4.78, 5) is 44.3. The minimum absolute atomic E-state index is 0.146. The Morgan fingerprint density at radius 2 is 1.74 bits per heavy atom. The lowest BCUT2D eigenvalue weighted by Gasteiger charge is -2.41. The molecule has 0 radical (unpaired) electrons. The van der Waals surface area contributed by atoms with Crippen LogP contribution >= 0.6 is 23.8 Å². The molecule has 2 amide bonds. The fourth-order valence-corrected chi connectivity index (χ4v) is 6.57. The molecule has 9 nitrogen and oxygen atoms in total. The van der Waals surface area contributed by atoms with Gasteiger partial charge in [-0.3, -0.25) is 19.3 Å². The monoisotopic (exact) mass is 547 g/mol. The molecule has 192 valence electrons. The van der Waals surface area contributed by atoms with E-state index in [1.807, 2.05) is 12.1 Å². The van der Waals surface area contributed by atoms with Crippen LogP contribution in [0.2, 0.25) is 5.02 Å². The highest BCUT2D eigenvalue weighted by Gasteiger charge is 2.84. The molecule has 3 aliphatic heterocycles. The maximum absolute atomic E-state index is 14.8. The summed E-state index contributed by atoms with van der Waals surface area (Å²) in [5.41, 5.74) is -6.07. The number of esters is 1. The number of rotatable bonds is 2. The van der Waals surface area contributed by atoms with Crippen LogP contribution in [0.1, 0.15) is 31.9 Å². The summed E-state index contributed by atoms with van der Waals surface area (Å²) >= 11 is 12.0. The van der Waals surface area contributed by atoms with Crippen LogP contribution in [0.15, 0.2) is 42.5 Å². The Morgan fingerprint density at radius 3 is 2.37 bits per heavy atom. The Labute approximate surface area is 229 Å². The first kappa shape index (κ1) is 25.7. The van der Waals surface area contributed by atoms with Gasteiger partial charge in [0.2, 0.25) is 11.3 Å². The van der Waals surface area contributed by atoms with Crippen LogP contribution in [-0.2, 0) is 30.1 Å². The predicted octanol–water partition coefficient (Wildman–Crippen LogP) is 3.10. The van der Waals surface area contributed by atoms with Crippen molar-refractivity contribution in [1.82, 2.24) is 5.32 Å². The molecular formula is C27H22ClN5O4S. The van der Waals surface area contributed by atoms with Crippen LogP contribution in [0.4, 0.5) is 11.4 Å². The van der Waals surface area contributed by atoms with Crippen molar-refractivity contribution >= 4 is 58.0 Å². The van der Waals surface area contributed by atoms with Crippen molar-refractivity contribution in [3.63, 3.8) is 0 Å². The van der Waals surface area contributed by atoms with Gasteiger partial charge < -0.3 is 15.0 Å². The van der Waals surface area contributed by atoms with Crippen LogP contribution in [0.25, 0.3) is 0 Å². The molecule has 3 aliphatic rings. The highest BCUT2D eigenvalue weighted by Crippen LogP contribution is 2.67. The van der Waals surface area contributed by atoms with E-state index in [0.29, 0.717) is 11.3 Å². The molecule has 0 unspecified atom stereocenters. The molecule has 38 heavy (non-hydrogen) atoms. The number of amides is 2. The third-order valence-corrected chi connectivity index (χ3v) is 7.97. The fraction of sp³-hybridized carbons (Fsp3) is 0.333. The van der Waals surface area contributed by atoms with Crippen molar-refractivity contribution in [3.05, 3.63) is 58.6 Å². The van der Waals surface area contributed by atoms with Crippen LogP contribution in [-0.4, -0.2) is 42.0 Å². The lowest BCUT2D eigenvalue weighted by Crippen LogP contribution is -2.65. The number of anilines is 2. The number of likely N-dealkylation sites (N-methyl/N-ethyl adjacent to an activating group) is 1. The van der Waals surface area contributed by atoms with E-state index in [4.69, 9.17) is 28.6 Å². The van der Waals surface area contributed by atoms with E-state index in [1.54, 1.807) is 52.1 Å². The van der Waals surface area contributed by atoms with E-state index in [-0.39, 0.29) is 21.3 Å². The summed E-state index contributed by atoms with van der Waals surface area (Å²) in [7, 11) is 1.55. The van der Waals surface area contributed by atoms with E-state index in [2.05, 4.69) is 5.32 Å². The van der Waals surface area contributed by atoms with E-state index in [0.717, 1.165) is 4.90 Å². The van der Waals surface area contributed by atoms with Gasteiger partial charge in [0.25, 0.3) is 5.91 Å². The smallest absolute Gasteiger partial charge is 0.326 e. The van der Waals surface area contributed by atoms with E-state index in [9.17, 15) is 24.9 Å². The zero-order valence-corrected chi connectivity index (χ0v) is 22.5. The number of fused-ring (bicyclic) bond motifs is 5. The number of nitrogens with one attached hydrogen (secondary N) is 1. The van der Waals surface area contributed by atoms with Gasteiger partial charge >= 0.3 is 5.97 Å². The van der Waals surface area contributed by atoms with Crippen LogP contribution < -0.4 is 15.1 Å². The Morgan fingerprint density at radius 1 is 1.08 bits per heavy atom. The van der Waals surface area contributed by atoms with Gasteiger partial charge in [-0.15, -0.1) is 0 Å². The molecule has 11 heteroatoms. The lowest BCUT2D eigenvalue weighted by atomic mass is 9.54. The summed E-state index contributed by atoms with van der Waals surface area (Å²) in [6, 6.07) is 15.3. The molecule has 2 atom stereocenters. The predicted molar refractivity (Wildman–Crippen MR) is 142 cm³/mol. The molecule has 1 saturated heterocycles. The van der Waals surface area contributed by atoms with Crippen LogP contribution in [0, 0.1) is 28.1 Å². The molecule has 1 N–H and O–H groups in total. The van der Waals surface area contributed by atoms with Gasteiger partial charge in [-0.2, -0.15) is 10.5 Å². The standard InChI is InChI=1S/C27H22ClN5O4S/c1-24(2,3)37-20(34)12-33-19-10-9-15(28)11-17(19)26(22(33)35)25(13-29,14-30)21(38)31-27(26)16-7-5-6-8-18(16)32(4)23(27)36/h5-11H,12H2,1-4H3,(H,31,38)/t26-,27+/m0/s1. The molecule has 0 bridgehead atoms. The van der Waals surface area contributed by atoms with E-state index < -0.39 is 46.3 Å². The number of nitrogens with zero attached hydrogens (tertiary/aromatic N) is 4. The Hall–Kier alpha value is -3.99. The number of carbonyl (C=O) groups excluding carboxylic acids is 3. The number of hydrogen-bond donors (Lipinski definition) is 1. The largest absolute Gasteiger partial charge is 0.459 e. The molecule has 0 aliphatic carbocycles. The zero-order valence-electron chi connectivity index (χ0n) is 21.0. The van der Waals surface area contributed by atoms with Crippen molar-refractivity contribution in [3.8, 4) is 12.1 Å². The summed E-state index contributed by atoms with van der Waals surface area (Å²) in [6.45, 7) is 4.57. The first-order valence-electron chi connectivity index (χ1n) is 11.7. The number of benzene rings is 2. The second kappa shape index (κ2) is 8.00. The van der Waals surface area contributed by atoms with Gasteiger partial charge in [0, 0.05) is 29.0 Å². The molecular weight excluding hydrogens is 526 g/mol. The van der Waals surface area contributed by atoms with E-state index >= 15 is 0 Å². The van der Waals surface area contributed by atoms with Gasteiger partial charge in [0.15, 0.2) is 11.0 Å². The molecule has 1 fully saturated rings. The number of halogens is 1. The molecule has 3 heterocycles. The summed E-state index contributed by atoms with van der Waals surface area (Å²) in [5, 5.41) is 24.3. The molecule has 5 rings (SSSR count). The summed E-state index contributed by atoms with van der Waals surface area (Å²) in [5.74, 6) is -2.09. The van der Waals surface area contributed by atoms with Crippen LogP contribution in [0.5, 0.6) is 0 Å². The van der Waals surface area contributed by atoms with Crippen LogP contribution in [0.3, 0.4) is 0 Å². The van der Waals surface area contributed by atoms with Crippen molar-refractivity contribution in [1.29, 1.82) is 10.5 Å². The number of carbonyl (C=O) groups is 3. The second-order valence-electron chi connectivity index (χ2n) is 10.4. The SMILES string of the molecule is CN1C(=O)[C@]2(NC(=S)C(C#N)(C#N)[C@]23C(=O)N(CC(=O)OC(C)(C)C)c2ccc(Cl)cc23)c2ccccc21. The zero-order chi connectivity index (χ0) is 27.8. The third kappa shape index (κ3) is 2.85. The minimum Gasteiger partial charge on any atom is -0.459 e. The number of hydrogen-bond acceptors (Lipinski definition) is 7. The number of thiocarbonyl (C=S) groups is 1. The van der Waals surface area contributed by atoms with Gasteiger partial charge in [0.05, 0.1) is 12.1 Å². The maximum Gasteiger partial charge on any atom is 0.326 e. The quantitative estimate of drug-likeness (QED) is 0.449. The molecule has 0 aromatic heterocycles. The average molecular weight is 548 g/mol. The Kier molecular flexibility index (Phi) is 5.40. The highest BCUT2D eigenvalue weighted by molar-refractivity contribution is 7.80. The van der Waals surface area contributed by atoms with Gasteiger partial charge in [-0.1, -0.05) is 42.0 Å². The van der Waals surface area contributed by atoms with Crippen molar-refractivity contribution in [2.24, 2.45) is 5.41 Å². The fourth-order valence-electron chi connectivity index (χ4n) is 6.00. The average Bonchev–Trinajstić information content (AvgIpc) is 3.33. The molecule has 0 saturated carbocycles. The highest BCUT2D eigenvalue weighted by atomic mass is 35.5. The second-order valence-corrected chi connectivity index (χ2v) is 11.3. The molecule has 2 spiro atoms. The lowest BCUT2D eigenvalue weighted by molar-refractivity contribution is -0.153.